The van der Waals surface area contributed by atoms with E-state index in [-0.39, 0.29) is 18.2 Å². The first kappa shape index (κ1) is 25.9. The fourth-order valence-corrected chi connectivity index (χ4v) is 4.37. The molecular formula is C24H40N4O5. The molecule has 3 rings (SSSR count). The third kappa shape index (κ3) is 6.44. The Balaban J connectivity index is 1.76. The first-order valence-electron chi connectivity index (χ1n) is 12.0. The van der Waals surface area contributed by atoms with Gasteiger partial charge in [0, 0.05) is 45.3 Å². The van der Waals surface area contributed by atoms with Gasteiger partial charge in [-0.05, 0) is 46.0 Å². The van der Waals surface area contributed by atoms with Crippen molar-refractivity contribution in [1.82, 2.24) is 19.6 Å². The summed E-state index contributed by atoms with van der Waals surface area (Å²) < 4.78 is 12.6. The van der Waals surface area contributed by atoms with Gasteiger partial charge < -0.3 is 19.7 Å². The van der Waals surface area contributed by atoms with E-state index in [2.05, 4.69) is 16.7 Å². The van der Waals surface area contributed by atoms with Crippen LogP contribution < -0.4 is 9.47 Å². The van der Waals surface area contributed by atoms with Gasteiger partial charge in [0.25, 0.3) is 0 Å². The second kappa shape index (κ2) is 11.6. The Morgan fingerprint density at radius 3 is 1.91 bits per heavy atom. The van der Waals surface area contributed by atoms with Gasteiger partial charge in [-0.25, -0.2) is 0 Å². The van der Waals surface area contributed by atoms with Crippen molar-refractivity contribution in [2.24, 2.45) is 0 Å². The lowest BCUT2D eigenvalue weighted by Gasteiger charge is -2.40. The van der Waals surface area contributed by atoms with Gasteiger partial charge in [-0.2, -0.15) is 0 Å². The van der Waals surface area contributed by atoms with Gasteiger partial charge in [-0.3, -0.25) is 24.4 Å². The predicted octanol–water partition coefficient (Wildman–Crippen LogP) is 1.25. The van der Waals surface area contributed by atoms with Crippen LogP contribution in [0.2, 0.25) is 0 Å². The van der Waals surface area contributed by atoms with Gasteiger partial charge in [-0.15, -0.1) is 0 Å². The molecule has 1 aromatic rings. The summed E-state index contributed by atoms with van der Waals surface area (Å²) in [6, 6.07) is 5.35. The largest absolute Gasteiger partial charge is 0.475 e. The number of likely N-dealkylation sites (N-methyl/N-ethyl adjacent to an activating group) is 2. The number of hydrogen-bond acceptors (Lipinski definition) is 9. The molecule has 2 aliphatic rings. The minimum Gasteiger partial charge on any atom is -0.475 e. The number of ether oxygens (including phenoxy) is 2. The maximum atomic E-state index is 12.3. The van der Waals surface area contributed by atoms with Gasteiger partial charge in [0.05, 0.1) is 5.56 Å². The van der Waals surface area contributed by atoms with E-state index in [1.165, 1.54) is 6.92 Å². The summed E-state index contributed by atoms with van der Waals surface area (Å²) in [6.07, 6.45) is -0.00849. The van der Waals surface area contributed by atoms with Gasteiger partial charge >= 0.3 is 0 Å². The van der Waals surface area contributed by atoms with Crippen LogP contribution in [0.3, 0.4) is 0 Å². The highest BCUT2D eigenvalue weighted by Crippen LogP contribution is 2.29. The fraction of sp³-hybridized carbons (Fsp3) is 0.708. The van der Waals surface area contributed by atoms with Crippen molar-refractivity contribution in [2.75, 3.05) is 53.4 Å². The van der Waals surface area contributed by atoms with Crippen LogP contribution in [-0.4, -0.2) is 114 Å². The van der Waals surface area contributed by atoms with Crippen LogP contribution in [0.25, 0.3) is 0 Å². The zero-order chi connectivity index (χ0) is 24.1. The molecule has 2 N–H and O–H groups in total. The number of β-amino-alcohol motifs (C(OH)–C–C–N with tert-alkyl or cyclic N) is 2. The molecule has 2 heterocycles. The third-order valence-electron chi connectivity index (χ3n) is 6.67. The number of ketones is 1. The molecule has 0 radical (unpaired) electrons. The van der Waals surface area contributed by atoms with Gasteiger partial charge in [0.1, 0.15) is 24.0 Å². The summed E-state index contributed by atoms with van der Waals surface area (Å²) >= 11 is 0. The van der Waals surface area contributed by atoms with E-state index in [4.69, 9.17) is 9.47 Å². The van der Waals surface area contributed by atoms with E-state index in [1.54, 1.807) is 18.2 Å². The summed E-state index contributed by atoms with van der Waals surface area (Å²) in [6.45, 7) is 9.75. The molecular weight excluding hydrogens is 424 g/mol. The Morgan fingerprint density at radius 2 is 1.45 bits per heavy atom. The number of benzene rings is 1. The van der Waals surface area contributed by atoms with Crippen LogP contribution >= 0.6 is 0 Å². The SMILES string of the molecule is CCC(Oc1ccc(C(C)=O)c(OC(CC)N2CCN(C)C(O)C2)c1)N1CCN(C)C(O)C1. The first-order valence-corrected chi connectivity index (χ1v) is 12.0. The first-order chi connectivity index (χ1) is 15.7. The molecule has 2 aliphatic heterocycles. The standard InChI is InChI=1S/C24H40N4O5/c1-6-23(27-12-10-25(4)21(30)15-27)32-18-8-9-19(17(3)29)20(14-18)33-24(7-2)28-13-11-26(5)22(31)16-28/h8-9,14,21-24,30-31H,6-7,10-13,15-16H2,1-5H3. The number of rotatable bonds is 9. The molecule has 0 aliphatic carbocycles. The lowest BCUT2D eigenvalue weighted by molar-refractivity contribution is -0.0910. The van der Waals surface area contributed by atoms with E-state index in [1.807, 2.05) is 30.8 Å². The van der Waals surface area contributed by atoms with Gasteiger partial charge in [0.15, 0.2) is 18.2 Å². The average Bonchev–Trinajstić information content (AvgIpc) is 2.79. The monoisotopic (exact) mass is 464 g/mol. The van der Waals surface area contributed by atoms with Crippen molar-refractivity contribution < 1.29 is 24.5 Å². The van der Waals surface area contributed by atoms with Crippen LogP contribution in [0.5, 0.6) is 11.5 Å². The lowest BCUT2D eigenvalue weighted by atomic mass is 10.1. The summed E-state index contributed by atoms with van der Waals surface area (Å²) in [5, 5.41) is 20.5. The maximum absolute atomic E-state index is 12.3. The fourth-order valence-electron chi connectivity index (χ4n) is 4.37. The number of nitrogens with zero attached hydrogens (tertiary/aromatic N) is 4. The molecule has 0 bridgehead atoms. The number of carbonyl (C=O) groups is 1. The Morgan fingerprint density at radius 1 is 0.939 bits per heavy atom. The van der Waals surface area contributed by atoms with Crippen molar-refractivity contribution in [3.8, 4) is 11.5 Å². The molecule has 0 spiro atoms. The number of hydrogen-bond donors (Lipinski definition) is 2. The number of Topliss-reactive ketones (excluding diaryl/α,β-unsaturated/α-hetero) is 1. The number of aliphatic hydroxyl groups excluding tert-OH is 2. The molecule has 186 valence electrons. The normalized spacial score (nSPS) is 25.5. The molecule has 2 saturated heterocycles. The number of piperazine rings is 2. The highest BCUT2D eigenvalue weighted by Gasteiger charge is 2.30. The minimum atomic E-state index is -0.539. The smallest absolute Gasteiger partial charge is 0.163 e. The quantitative estimate of drug-likeness (QED) is 0.524. The van der Waals surface area contributed by atoms with Crippen molar-refractivity contribution >= 4 is 5.78 Å². The van der Waals surface area contributed by atoms with Crippen molar-refractivity contribution in [3.63, 3.8) is 0 Å². The van der Waals surface area contributed by atoms with Crippen molar-refractivity contribution in [3.05, 3.63) is 23.8 Å². The molecule has 0 aromatic heterocycles. The van der Waals surface area contributed by atoms with E-state index in [0.717, 1.165) is 39.0 Å². The van der Waals surface area contributed by atoms with Crippen molar-refractivity contribution in [2.45, 2.75) is 58.5 Å². The van der Waals surface area contributed by atoms with Crippen LogP contribution in [-0.2, 0) is 0 Å². The van der Waals surface area contributed by atoms with Crippen LogP contribution in [0.4, 0.5) is 0 Å². The lowest BCUT2D eigenvalue weighted by Crippen LogP contribution is -2.55. The summed E-state index contributed by atoms with van der Waals surface area (Å²) in [5.74, 6) is 1.05. The number of carbonyl (C=O) groups excluding carboxylic acids is 1. The van der Waals surface area contributed by atoms with Gasteiger partial charge in [-0.1, -0.05) is 13.8 Å². The number of aliphatic hydroxyl groups is 2. The minimum absolute atomic E-state index is 0.0703. The summed E-state index contributed by atoms with van der Waals surface area (Å²) in [5.41, 5.74) is 0.513. The topological polar surface area (TPSA) is 89.0 Å². The Labute approximate surface area is 197 Å². The van der Waals surface area contributed by atoms with E-state index < -0.39 is 12.5 Å². The van der Waals surface area contributed by atoms with Crippen LogP contribution in [0.15, 0.2) is 18.2 Å². The highest BCUT2D eigenvalue weighted by molar-refractivity contribution is 5.97. The molecule has 9 heteroatoms. The summed E-state index contributed by atoms with van der Waals surface area (Å²) in [4.78, 5) is 20.4. The Kier molecular flexibility index (Phi) is 9.09. The molecule has 0 amide bonds. The molecule has 0 saturated carbocycles. The molecule has 9 nitrogen and oxygen atoms in total. The second-order valence-electron chi connectivity index (χ2n) is 9.09. The Hall–Kier alpha value is -1.75. The van der Waals surface area contributed by atoms with Crippen molar-refractivity contribution in [1.29, 1.82) is 0 Å². The van der Waals surface area contributed by atoms with Gasteiger partial charge in [0.2, 0.25) is 0 Å². The van der Waals surface area contributed by atoms with E-state index >= 15 is 0 Å². The van der Waals surface area contributed by atoms with E-state index in [9.17, 15) is 15.0 Å². The maximum Gasteiger partial charge on any atom is 0.163 e. The van der Waals surface area contributed by atoms with Crippen LogP contribution in [0, 0.1) is 0 Å². The highest BCUT2D eigenvalue weighted by atomic mass is 16.5. The second-order valence-corrected chi connectivity index (χ2v) is 9.09. The predicted molar refractivity (Wildman–Crippen MR) is 126 cm³/mol. The zero-order valence-electron chi connectivity index (χ0n) is 20.6. The Bertz CT molecular complexity index is 794. The molecule has 1 aromatic carbocycles. The van der Waals surface area contributed by atoms with Crippen LogP contribution in [0.1, 0.15) is 44.0 Å². The molecule has 4 atom stereocenters. The molecule has 4 unspecified atom stereocenters. The third-order valence-corrected chi connectivity index (χ3v) is 6.67. The van der Waals surface area contributed by atoms with E-state index in [0.29, 0.717) is 30.2 Å². The molecule has 33 heavy (non-hydrogen) atoms. The average molecular weight is 465 g/mol. The molecule has 2 fully saturated rings. The zero-order valence-corrected chi connectivity index (χ0v) is 20.6. The summed E-state index contributed by atoms with van der Waals surface area (Å²) in [7, 11) is 3.82.